The summed E-state index contributed by atoms with van der Waals surface area (Å²) >= 11 is 0. The lowest BCUT2D eigenvalue weighted by atomic mass is 9.86. The van der Waals surface area contributed by atoms with Gasteiger partial charge in [-0.1, -0.05) is 51.1 Å². The van der Waals surface area contributed by atoms with Crippen molar-refractivity contribution in [3.63, 3.8) is 0 Å². The van der Waals surface area contributed by atoms with Crippen molar-refractivity contribution in [1.29, 1.82) is 0 Å². The fraction of sp³-hybridized carbons (Fsp3) is 0.400. The lowest BCUT2D eigenvalue weighted by Gasteiger charge is -2.36. The number of nitrogens with zero attached hydrogens (tertiary/aromatic N) is 1. The smallest absolute Gasteiger partial charge is 0.324 e. The van der Waals surface area contributed by atoms with Gasteiger partial charge in [0.1, 0.15) is 5.60 Å². The van der Waals surface area contributed by atoms with Crippen molar-refractivity contribution in [3.8, 4) is 0 Å². The lowest BCUT2D eigenvalue weighted by Crippen LogP contribution is -2.48. The minimum atomic E-state index is -4.46. The van der Waals surface area contributed by atoms with Crippen LogP contribution in [0.5, 0.6) is 0 Å². The molecule has 0 unspecified atom stereocenters. The molecule has 1 spiro atoms. The van der Waals surface area contributed by atoms with Gasteiger partial charge in [-0.25, -0.2) is 4.79 Å². The maximum atomic E-state index is 12.9. The van der Waals surface area contributed by atoms with Crippen LogP contribution in [-0.2, 0) is 16.4 Å². The van der Waals surface area contributed by atoms with Crippen molar-refractivity contribution in [2.24, 2.45) is 0 Å². The second-order valence-electron chi connectivity index (χ2n) is 9.65. The molecule has 0 saturated carbocycles. The molecule has 5 nitrogen and oxygen atoms in total. The van der Waals surface area contributed by atoms with E-state index in [4.69, 9.17) is 4.84 Å². The van der Waals surface area contributed by atoms with Gasteiger partial charge in [-0.15, -0.1) is 0 Å². The zero-order valence-electron chi connectivity index (χ0n) is 18.9. The van der Waals surface area contributed by atoms with Crippen LogP contribution in [0.1, 0.15) is 50.3 Å². The highest BCUT2D eigenvalue weighted by atomic mass is 19.4. The predicted octanol–water partition coefficient (Wildman–Crippen LogP) is 5.95. The van der Waals surface area contributed by atoms with Gasteiger partial charge >= 0.3 is 12.2 Å². The number of anilines is 1. The van der Waals surface area contributed by atoms with Crippen LogP contribution in [0, 0.1) is 0 Å². The Balaban J connectivity index is 1.37. The average molecular weight is 460 g/mol. The molecule has 8 heteroatoms. The molecule has 0 radical (unpaired) electrons. The summed E-state index contributed by atoms with van der Waals surface area (Å²) in [5.74, 6) is 0. The van der Waals surface area contributed by atoms with Crippen LogP contribution in [0.4, 0.5) is 23.7 Å². The van der Waals surface area contributed by atoms with Crippen molar-refractivity contribution in [1.82, 2.24) is 10.4 Å². The first-order valence-electron chi connectivity index (χ1n) is 11.0. The maximum absolute atomic E-state index is 12.9. The lowest BCUT2D eigenvalue weighted by molar-refractivity contribution is -0.137. The number of carbonyl (C=O) groups is 1. The summed E-state index contributed by atoms with van der Waals surface area (Å²) in [7, 11) is 0. The van der Waals surface area contributed by atoms with E-state index in [9.17, 15) is 18.0 Å². The molecular weight excluding hydrogens is 431 g/mol. The Kier molecular flexibility index (Phi) is 5.90. The molecule has 2 N–H and O–H groups in total. The molecule has 0 atom stereocenters. The van der Waals surface area contributed by atoms with Gasteiger partial charge < -0.3 is 10.2 Å². The van der Waals surface area contributed by atoms with Crippen molar-refractivity contribution < 1.29 is 22.8 Å². The summed E-state index contributed by atoms with van der Waals surface area (Å²) in [6.07, 6.45) is -1.22. The van der Waals surface area contributed by atoms with Gasteiger partial charge in [-0.2, -0.15) is 13.2 Å². The van der Waals surface area contributed by atoms with Crippen LogP contribution in [0.15, 0.2) is 54.6 Å². The Hall–Kier alpha value is -3.00. The average Bonchev–Trinajstić information content (AvgIpc) is 3.17. The second kappa shape index (κ2) is 8.41. The maximum Gasteiger partial charge on any atom is 0.416 e. The molecule has 1 fully saturated rings. The van der Waals surface area contributed by atoms with E-state index in [2.05, 4.69) is 61.9 Å². The molecule has 2 aliphatic rings. The Morgan fingerprint density at radius 2 is 1.70 bits per heavy atom. The van der Waals surface area contributed by atoms with Gasteiger partial charge in [0.25, 0.3) is 0 Å². The van der Waals surface area contributed by atoms with Crippen LogP contribution in [0.2, 0.25) is 0 Å². The van der Waals surface area contributed by atoms with Gasteiger partial charge in [0.15, 0.2) is 0 Å². The first-order chi connectivity index (χ1) is 15.5. The van der Waals surface area contributed by atoms with Gasteiger partial charge in [0, 0.05) is 31.6 Å². The number of hydroxylamine groups is 1. The first kappa shape index (κ1) is 23.2. The third kappa shape index (κ3) is 5.16. The van der Waals surface area contributed by atoms with Crippen LogP contribution in [-0.4, -0.2) is 29.6 Å². The van der Waals surface area contributed by atoms with Gasteiger partial charge in [-0.3, -0.25) is 10.3 Å². The van der Waals surface area contributed by atoms with E-state index in [1.165, 1.54) is 17.7 Å². The van der Waals surface area contributed by atoms with Crippen molar-refractivity contribution >= 4 is 17.4 Å². The van der Waals surface area contributed by atoms with E-state index in [-0.39, 0.29) is 11.1 Å². The second-order valence-corrected chi connectivity index (χ2v) is 9.65. The van der Waals surface area contributed by atoms with E-state index >= 15 is 0 Å². The van der Waals surface area contributed by atoms with Crippen molar-refractivity contribution in [2.75, 3.05) is 18.4 Å². The van der Waals surface area contributed by atoms with Crippen molar-refractivity contribution in [2.45, 2.75) is 50.8 Å². The largest absolute Gasteiger partial charge is 0.416 e. The number of alkyl halides is 3. The summed E-state index contributed by atoms with van der Waals surface area (Å²) in [5.41, 5.74) is 5.11. The number of hydrogen-bond donors (Lipinski definition) is 2. The fourth-order valence-corrected chi connectivity index (χ4v) is 4.08. The zero-order chi connectivity index (χ0) is 23.9. The Morgan fingerprint density at radius 1 is 1.03 bits per heavy atom. The summed E-state index contributed by atoms with van der Waals surface area (Å²) in [4.78, 5) is 20.1. The van der Waals surface area contributed by atoms with Crippen LogP contribution >= 0.6 is 0 Å². The van der Waals surface area contributed by atoms with Gasteiger partial charge in [0.05, 0.1) is 11.3 Å². The highest BCUT2D eigenvalue weighted by Gasteiger charge is 2.40. The topological polar surface area (TPSA) is 53.6 Å². The summed E-state index contributed by atoms with van der Waals surface area (Å²) < 4.78 is 38.7. The molecule has 2 aromatic carbocycles. The quantitative estimate of drug-likeness (QED) is 0.584. The number of rotatable bonds is 2. The molecule has 2 aromatic rings. The minimum absolute atomic E-state index is 0.0786. The fourth-order valence-electron chi connectivity index (χ4n) is 4.08. The van der Waals surface area contributed by atoms with E-state index in [1.54, 1.807) is 4.90 Å². The van der Waals surface area contributed by atoms with Gasteiger partial charge in [-0.05, 0) is 40.8 Å². The molecule has 2 aliphatic heterocycles. The molecule has 0 bridgehead atoms. The number of carbonyl (C=O) groups excluding carboxylic acids is 1. The number of likely N-dealkylation sites (tertiary alicyclic amines) is 1. The number of nitrogens with one attached hydrogen (secondary N) is 2. The molecule has 0 aliphatic carbocycles. The molecule has 4 rings (SSSR count). The number of benzene rings is 2. The highest BCUT2D eigenvalue weighted by Crippen LogP contribution is 2.36. The molecule has 0 aromatic heterocycles. The third-order valence-corrected chi connectivity index (χ3v) is 6.17. The normalized spacial score (nSPS) is 18.1. The number of halogens is 3. The van der Waals surface area contributed by atoms with Crippen LogP contribution < -0.4 is 10.8 Å². The Bertz CT molecular complexity index is 1050. The number of piperidine rings is 1. The van der Waals surface area contributed by atoms with Crippen molar-refractivity contribution in [3.05, 3.63) is 71.3 Å². The van der Waals surface area contributed by atoms with E-state index < -0.39 is 23.4 Å². The third-order valence-electron chi connectivity index (χ3n) is 6.17. The molecule has 33 heavy (non-hydrogen) atoms. The monoisotopic (exact) mass is 459 g/mol. The minimum Gasteiger partial charge on any atom is -0.324 e. The Labute approximate surface area is 191 Å². The molecule has 2 amide bonds. The molecule has 2 heterocycles. The number of urea groups is 1. The SMILES string of the molecule is CC(C)(C)c1ccc(C2=CC3(CCN(C(=O)Nc4cccc(C(F)(F)F)c4)CC3)ON2)cc1. The summed E-state index contributed by atoms with van der Waals surface area (Å²) in [5, 5.41) is 2.57. The molecule has 1 saturated heterocycles. The highest BCUT2D eigenvalue weighted by molar-refractivity contribution is 5.89. The van der Waals surface area contributed by atoms with E-state index in [0.29, 0.717) is 25.9 Å². The zero-order valence-corrected chi connectivity index (χ0v) is 18.9. The van der Waals surface area contributed by atoms with E-state index in [0.717, 1.165) is 23.4 Å². The van der Waals surface area contributed by atoms with E-state index in [1.807, 2.05) is 0 Å². The number of hydrogen-bond acceptors (Lipinski definition) is 3. The van der Waals surface area contributed by atoms with Crippen LogP contribution in [0.25, 0.3) is 5.70 Å². The summed E-state index contributed by atoms with van der Waals surface area (Å²) in [6, 6.07) is 12.6. The molecule has 176 valence electrons. The molecular formula is C25H28F3N3O2. The number of amides is 2. The standard InChI is InChI=1S/C25H28F3N3O2/c1-23(2,3)18-9-7-17(8-10-18)21-16-24(33-30-21)11-13-31(14-12-24)22(32)29-20-6-4-5-19(15-20)25(26,27)28/h4-10,15-16,30H,11-14H2,1-3H3,(H,29,32). The van der Waals surface area contributed by atoms with Gasteiger partial charge in [0.2, 0.25) is 0 Å². The predicted molar refractivity (Wildman–Crippen MR) is 121 cm³/mol. The summed E-state index contributed by atoms with van der Waals surface area (Å²) in [6.45, 7) is 7.37. The Morgan fingerprint density at radius 3 is 2.30 bits per heavy atom. The first-order valence-corrected chi connectivity index (χ1v) is 11.0. The van der Waals surface area contributed by atoms with Crippen LogP contribution in [0.3, 0.4) is 0 Å².